The Kier molecular flexibility index (Phi) is 3.80. The molecule has 0 amide bonds. The zero-order valence-corrected chi connectivity index (χ0v) is 9.14. The number of rotatable bonds is 4. The third-order valence-corrected chi connectivity index (χ3v) is 2.76. The monoisotopic (exact) mass is 196 g/mol. The molecular weight excluding hydrogens is 180 g/mol. The molecule has 72 valence electrons. The van der Waals surface area contributed by atoms with E-state index >= 15 is 0 Å². The molecule has 0 aliphatic heterocycles. The lowest BCUT2D eigenvalue weighted by Crippen LogP contribution is -2.16. The van der Waals surface area contributed by atoms with E-state index in [9.17, 15) is 0 Å². The predicted molar refractivity (Wildman–Crippen MR) is 59.4 cm³/mol. The molecule has 0 N–H and O–H groups in total. The average Bonchev–Trinajstić information content (AvgIpc) is 2.16. The van der Waals surface area contributed by atoms with Gasteiger partial charge in [-0.25, -0.2) is 0 Å². The summed E-state index contributed by atoms with van der Waals surface area (Å²) >= 11 is 5.70. The fourth-order valence-electron chi connectivity index (χ4n) is 1.54. The lowest BCUT2D eigenvalue weighted by atomic mass is 9.81. The van der Waals surface area contributed by atoms with Crippen LogP contribution in [0.5, 0.6) is 0 Å². The van der Waals surface area contributed by atoms with Crippen LogP contribution in [0.15, 0.2) is 30.3 Å². The first-order chi connectivity index (χ1) is 6.17. The summed E-state index contributed by atoms with van der Waals surface area (Å²) in [5.74, 6) is 0.760. The van der Waals surface area contributed by atoms with Crippen molar-refractivity contribution < 1.29 is 0 Å². The normalized spacial score (nSPS) is 11.6. The van der Waals surface area contributed by atoms with Gasteiger partial charge in [0.1, 0.15) is 0 Å². The standard InChI is InChI=1S/C12H17Cl/c1-12(2,9-6-10-13)11-7-4-3-5-8-11/h3-5,7-8H,6,9-10H2,1-2H3. The number of benzene rings is 1. The van der Waals surface area contributed by atoms with Gasteiger partial charge in [-0.2, -0.15) is 0 Å². The van der Waals surface area contributed by atoms with Crippen molar-refractivity contribution in [3.05, 3.63) is 35.9 Å². The van der Waals surface area contributed by atoms with E-state index in [1.165, 1.54) is 5.56 Å². The summed E-state index contributed by atoms with van der Waals surface area (Å²) < 4.78 is 0. The van der Waals surface area contributed by atoms with E-state index in [2.05, 4.69) is 44.2 Å². The van der Waals surface area contributed by atoms with E-state index in [-0.39, 0.29) is 5.41 Å². The smallest absolute Gasteiger partial charge is 0.0223 e. The maximum absolute atomic E-state index is 5.70. The van der Waals surface area contributed by atoms with Crippen molar-refractivity contribution in [3.63, 3.8) is 0 Å². The van der Waals surface area contributed by atoms with E-state index in [0.29, 0.717) is 0 Å². The minimum Gasteiger partial charge on any atom is -0.127 e. The number of halogens is 1. The van der Waals surface area contributed by atoms with Gasteiger partial charge in [0.2, 0.25) is 0 Å². The van der Waals surface area contributed by atoms with Crippen LogP contribution >= 0.6 is 11.6 Å². The maximum Gasteiger partial charge on any atom is 0.0223 e. The van der Waals surface area contributed by atoms with Crippen LogP contribution in [0.25, 0.3) is 0 Å². The van der Waals surface area contributed by atoms with Gasteiger partial charge >= 0.3 is 0 Å². The first kappa shape index (κ1) is 10.6. The maximum atomic E-state index is 5.70. The largest absolute Gasteiger partial charge is 0.127 e. The van der Waals surface area contributed by atoms with Crippen molar-refractivity contribution in [2.45, 2.75) is 32.1 Å². The SMILES string of the molecule is CC(C)(CCCCl)c1ccccc1. The summed E-state index contributed by atoms with van der Waals surface area (Å²) in [6, 6.07) is 10.6. The Bertz CT molecular complexity index is 239. The Hall–Kier alpha value is -0.490. The molecule has 0 aliphatic rings. The first-order valence-electron chi connectivity index (χ1n) is 4.78. The van der Waals surface area contributed by atoms with E-state index in [0.717, 1.165) is 18.7 Å². The quantitative estimate of drug-likeness (QED) is 0.639. The fourth-order valence-corrected chi connectivity index (χ4v) is 1.68. The van der Waals surface area contributed by atoms with Crippen LogP contribution in [0.3, 0.4) is 0 Å². The highest BCUT2D eigenvalue weighted by Crippen LogP contribution is 2.27. The molecule has 0 unspecified atom stereocenters. The molecule has 0 saturated heterocycles. The minimum absolute atomic E-state index is 0.260. The molecule has 0 aromatic heterocycles. The average molecular weight is 197 g/mol. The van der Waals surface area contributed by atoms with Crippen LogP contribution in [0.2, 0.25) is 0 Å². The summed E-state index contributed by atoms with van der Waals surface area (Å²) in [5, 5.41) is 0. The summed E-state index contributed by atoms with van der Waals surface area (Å²) in [7, 11) is 0. The molecule has 0 fully saturated rings. The minimum atomic E-state index is 0.260. The second-order valence-corrected chi connectivity index (χ2v) is 4.42. The zero-order valence-electron chi connectivity index (χ0n) is 8.39. The van der Waals surface area contributed by atoms with Gasteiger partial charge in [-0.15, -0.1) is 11.6 Å². The van der Waals surface area contributed by atoms with Gasteiger partial charge in [0.15, 0.2) is 0 Å². The molecule has 0 saturated carbocycles. The van der Waals surface area contributed by atoms with E-state index in [1.54, 1.807) is 0 Å². The molecule has 0 atom stereocenters. The summed E-state index contributed by atoms with van der Waals surface area (Å²) in [4.78, 5) is 0. The topological polar surface area (TPSA) is 0 Å². The van der Waals surface area contributed by atoms with Gasteiger partial charge in [-0.1, -0.05) is 44.2 Å². The van der Waals surface area contributed by atoms with Crippen LogP contribution in [-0.4, -0.2) is 5.88 Å². The summed E-state index contributed by atoms with van der Waals surface area (Å²) in [6.45, 7) is 4.55. The van der Waals surface area contributed by atoms with Crippen LogP contribution in [0.4, 0.5) is 0 Å². The van der Waals surface area contributed by atoms with Crippen LogP contribution in [-0.2, 0) is 5.41 Å². The van der Waals surface area contributed by atoms with Crippen LogP contribution in [0.1, 0.15) is 32.3 Å². The molecule has 0 bridgehead atoms. The zero-order chi connectivity index (χ0) is 9.73. The lowest BCUT2D eigenvalue weighted by Gasteiger charge is -2.24. The van der Waals surface area contributed by atoms with Gasteiger partial charge in [0.25, 0.3) is 0 Å². The number of hydrogen-bond donors (Lipinski definition) is 0. The molecule has 0 heterocycles. The molecule has 0 spiro atoms. The van der Waals surface area contributed by atoms with Crippen molar-refractivity contribution in [1.82, 2.24) is 0 Å². The Morgan fingerprint density at radius 2 is 1.77 bits per heavy atom. The highest BCUT2D eigenvalue weighted by molar-refractivity contribution is 6.17. The second-order valence-electron chi connectivity index (χ2n) is 4.04. The van der Waals surface area contributed by atoms with Crippen molar-refractivity contribution in [1.29, 1.82) is 0 Å². The molecule has 0 radical (unpaired) electrons. The Balaban J connectivity index is 2.69. The number of hydrogen-bond acceptors (Lipinski definition) is 0. The van der Waals surface area contributed by atoms with Crippen molar-refractivity contribution in [2.24, 2.45) is 0 Å². The third-order valence-electron chi connectivity index (χ3n) is 2.49. The van der Waals surface area contributed by atoms with E-state index in [1.807, 2.05) is 0 Å². The molecular formula is C12H17Cl. The molecule has 0 aliphatic carbocycles. The van der Waals surface area contributed by atoms with Crippen LogP contribution < -0.4 is 0 Å². The van der Waals surface area contributed by atoms with Gasteiger partial charge < -0.3 is 0 Å². The Morgan fingerprint density at radius 1 is 1.15 bits per heavy atom. The highest BCUT2D eigenvalue weighted by atomic mass is 35.5. The molecule has 1 aromatic carbocycles. The molecule has 1 aromatic rings. The van der Waals surface area contributed by atoms with Gasteiger partial charge in [-0.05, 0) is 23.8 Å². The third kappa shape index (κ3) is 3.04. The van der Waals surface area contributed by atoms with E-state index < -0.39 is 0 Å². The van der Waals surface area contributed by atoms with Gasteiger partial charge in [-0.3, -0.25) is 0 Å². The van der Waals surface area contributed by atoms with E-state index in [4.69, 9.17) is 11.6 Å². The molecule has 13 heavy (non-hydrogen) atoms. The van der Waals surface area contributed by atoms with Crippen molar-refractivity contribution in [3.8, 4) is 0 Å². The molecule has 1 rings (SSSR count). The molecule has 1 heteroatoms. The van der Waals surface area contributed by atoms with Crippen molar-refractivity contribution >= 4 is 11.6 Å². The predicted octanol–water partition coefficient (Wildman–Crippen LogP) is 3.98. The molecule has 0 nitrogen and oxygen atoms in total. The number of alkyl halides is 1. The Labute approximate surface area is 85.9 Å². The van der Waals surface area contributed by atoms with Gasteiger partial charge in [0, 0.05) is 5.88 Å². The van der Waals surface area contributed by atoms with Crippen LogP contribution in [0, 0.1) is 0 Å². The summed E-state index contributed by atoms with van der Waals surface area (Å²) in [6.07, 6.45) is 2.24. The van der Waals surface area contributed by atoms with Gasteiger partial charge in [0.05, 0.1) is 0 Å². The lowest BCUT2D eigenvalue weighted by molar-refractivity contribution is 0.474. The summed E-state index contributed by atoms with van der Waals surface area (Å²) in [5.41, 5.74) is 1.66. The first-order valence-corrected chi connectivity index (χ1v) is 5.32. The highest BCUT2D eigenvalue weighted by Gasteiger charge is 2.18. The Morgan fingerprint density at radius 3 is 2.31 bits per heavy atom. The second kappa shape index (κ2) is 4.66. The van der Waals surface area contributed by atoms with Crippen molar-refractivity contribution in [2.75, 3.05) is 5.88 Å². The fraction of sp³-hybridized carbons (Fsp3) is 0.500.